The Morgan fingerprint density at radius 2 is 1.48 bits per heavy atom. The smallest absolute Gasteiger partial charge is 0.407 e. The van der Waals surface area contributed by atoms with Crippen LogP contribution in [0.4, 0.5) is 4.79 Å². The highest BCUT2D eigenvalue weighted by Gasteiger charge is 2.29. The van der Waals surface area contributed by atoms with Crippen molar-refractivity contribution in [3.8, 4) is 11.1 Å². The third kappa shape index (κ3) is 6.12. The van der Waals surface area contributed by atoms with Gasteiger partial charge in [-0.1, -0.05) is 69.3 Å². The van der Waals surface area contributed by atoms with Crippen molar-refractivity contribution in [2.75, 3.05) is 19.7 Å². The summed E-state index contributed by atoms with van der Waals surface area (Å²) in [4.78, 5) is 35.6. The van der Waals surface area contributed by atoms with Crippen molar-refractivity contribution in [2.45, 2.75) is 33.1 Å². The Balaban J connectivity index is 1.44. The second-order valence-electron chi connectivity index (χ2n) is 9.01. The number of hydrogen-bond acceptors (Lipinski definition) is 4. The summed E-state index contributed by atoms with van der Waals surface area (Å²) < 4.78 is 5.51. The normalized spacial score (nSPS) is 14.2. The van der Waals surface area contributed by atoms with E-state index < -0.39 is 18.0 Å². The maximum Gasteiger partial charge on any atom is 0.407 e. The van der Waals surface area contributed by atoms with Crippen LogP contribution in [0, 0.1) is 17.8 Å². The Bertz CT molecular complexity index is 958. The van der Waals surface area contributed by atoms with Gasteiger partial charge in [0.15, 0.2) is 0 Å². The predicted octanol–water partition coefficient (Wildman–Crippen LogP) is 4.02. The number of ether oxygens (including phenoxy) is 1. The van der Waals surface area contributed by atoms with Gasteiger partial charge < -0.3 is 20.5 Å². The number of rotatable bonds is 10. The highest BCUT2D eigenvalue weighted by Crippen LogP contribution is 2.44. The molecule has 0 spiro atoms. The number of carboxylic acid groups (broad SMARTS) is 1. The molecule has 7 heteroatoms. The van der Waals surface area contributed by atoms with E-state index in [0.717, 1.165) is 11.1 Å². The van der Waals surface area contributed by atoms with Crippen LogP contribution in [0.25, 0.3) is 11.1 Å². The van der Waals surface area contributed by atoms with E-state index >= 15 is 0 Å². The zero-order chi connectivity index (χ0) is 24.0. The molecule has 2 unspecified atom stereocenters. The van der Waals surface area contributed by atoms with Crippen molar-refractivity contribution in [3.05, 3.63) is 59.7 Å². The molecule has 0 fully saturated rings. The number of alkyl carbamates (subject to hydrolysis) is 1. The molecule has 1 aliphatic rings. The van der Waals surface area contributed by atoms with E-state index in [1.54, 1.807) is 0 Å². The lowest BCUT2D eigenvalue weighted by atomic mass is 9.96. The van der Waals surface area contributed by atoms with E-state index in [0.29, 0.717) is 0 Å². The summed E-state index contributed by atoms with van der Waals surface area (Å²) in [6, 6.07) is 16.3. The van der Waals surface area contributed by atoms with E-state index in [9.17, 15) is 19.5 Å². The van der Waals surface area contributed by atoms with Crippen LogP contribution in [0.3, 0.4) is 0 Å². The molecule has 1 aliphatic carbocycles. The number of carbonyl (C=O) groups excluding carboxylic acids is 2. The molecule has 0 saturated carbocycles. The number of benzene rings is 2. The summed E-state index contributed by atoms with van der Waals surface area (Å²) in [7, 11) is 0. The van der Waals surface area contributed by atoms with Gasteiger partial charge in [-0.15, -0.1) is 0 Å². The Morgan fingerprint density at radius 3 is 2.03 bits per heavy atom. The van der Waals surface area contributed by atoms with Crippen LogP contribution >= 0.6 is 0 Å². The quantitative estimate of drug-likeness (QED) is 0.505. The van der Waals surface area contributed by atoms with Crippen molar-refractivity contribution in [1.29, 1.82) is 0 Å². The summed E-state index contributed by atoms with van der Waals surface area (Å²) in [6.07, 6.45) is -0.330. The van der Waals surface area contributed by atoms with Crippen molar-refractivity contribution < 1.29 is 24.2 Å². The first-order valence-corrected chi connectivity index (χ1v) is 11.4. The molecule has 0 radical (unpaired) electrons. The summed E-state index contributed by atoms with van der Waals surface area (Å²) in [5, 5.41) is 14.6. The van der Waals surface area contributed by atoms with Crippen LogP contribution in [-0.2, 0) is 14.3 Å². The molecule has 0 aromatic heterocycles. The lowest BCUT2D eigenvalue weighted by Gasteiger charge is -2.18. The average molecular weight is 453 g/mol. The molecule has 3 N–H and O–H groups in total. The lowest BCUT2D eigenvalue weighted by Crippen LogP contribution is -2.37. The number of carbonyl (C=O) groups is 3. The highest BCUT2D eigenvalue weighted by atomic mass is 16.5. The SMILES string of the molecule is CC(CNC(=O)OCC1c2ccccc2-c2ccccc21)CC(=O)NCC(C(=O)O)C(C)C. The molecule has 0 saturated heterocycles. The van der Waals surface area contributed by atoms with Crippen LogP contribution in [0.2, 0.25) is 0 Å². The molecule has 7 nitrogen and oxygen atoms in total. The van der Waals surface area contributed by atoms with Gasteiger partial charge in [0, 0.05) is 25.4 Å². The lowest BCUT2D eigenvalue weighted by molar-refractivity contribution is -0.143. The first-order chi connectivity index (χ1) is 15.8. The third-order valence-electron chi connectivity index (χ3n) is 6.11. The van der Waals surface area contributed by atoms with Crippen LogP contribution in [0.15, 0.2) is 48.5 Å². The Kier molecular flexibility index (Phi) is 8.09. The minimum atomic E-state index is -0.921. The molecule has 0 aliphatic heterocycles. The first kappa shape index (κ1) is 24.3. The molecule has 0 bridgehead atoms. The van der Waals surface area contributed by atoms with E-state index in [4.69, 9.17) is 4.74 Å². The van der Waals surface area contributed by atoms with Gasteiger partial charge >= 0.3 is 12.1 Å². The Labute approximate surface area is 194 Å². The summed E-state index contributed by atoms with van der Waals surface area (Å²) in [5.41, 5.74) is 4.64. The fourth-order valence-electron chi connectivity index (χ4n) is 4.20. The van der Waals surface area contributed by atoms with Gasteiger partial charge in [0.1, 0.15) is 6.61 Å². The van der Waals surface area contributed by atoms with Gasteiger partial charge in [0.05, 0.1) is 5.92 Å². The van der Waals surface area contributed by atoms with Gasteiger partial charge in [-0.05, 0) is 34.1 Å². The Morgan fingerprint density at radius 1 is 0.909 bits per heavy atom. The number of fused-ring (bicyclic) bond motifs is 3. The highest BCUT2D eigenvalue weighted by molar-refractivity contribution is 5.79. The van der Waals surface area contributed by atoms with Gasteiger partial charge in [0.25, 0.3) is 0 Å². The van der Waals surface area contributed by atoms with E-state index in [-0.39, 0.29) is 49.8 Å². The average Bonchev–Trinajstić information content (AvgIpc) is 3.09. The van der Waals surface area contributed by atoms with Gasteiger partial charge in [-0.25, -0.2) is 4.79 Å². The fourth-order valence-corrected chi connectivity index (χ4v) is 4.20. The number of aliphatic carboxylic acids is 1. The zero-order valence-electron chi connectivity index (χ0n) is 19.3. The first-order valence-electron chi connectivity index (χ1n) is 11.4. The third-order valence-corrected chi connectivity index (χ3v) is 6.11. The van der Waals surface area contributed by atoms with Crippen LogP contribution in [-0.4, -0.2) is 42.8 Å². The molecule has 33 heavy (non-hydrogen) atoms. The molecule has 2 aromatic carbocycles. The molecular weight excluding hydrogens is 420 g/mol. The summed E-state index contributed by atoms with van der Waals surface area (Å²) in [6.45, 7) is 6.09. The molecule has 176 valence electrons. The Hall–Kier alpha value is -3.35. The molecule has 3 rings (SSSR count). The van der Waals surface area contributed by atoms with Crippen molar-refractivity contribution in [1.82, 2.24) is 10.6 Å². The molecule has 2 amide bonds. The monoisotopic (exact) mass is 452 g/mol. The van der Waals surface area contributed by atoms with Crippen LogP contribution in [0.1, 0.15) is 44.2 Å². The molecule has 2 atom stereocenters. The maximum atomic E-state index is 12.3. The standard InChI is InChI=1S/C26H32N2O5/c1-16(2)22(25(30)31)14-27-24(29)12-17(3)13-28-26(32)33-15-23-20-10-6-4-8-18(20)19-9-5-7-11-21(19)23/h4-11,16-17,22-23H,12-15H2,1-3H3,(H,27,29)(H,28,32)(H,30,31). The second kappa shape index (κ2) is 11.0. The molecule has 2 aromatic rings. The largest absolute Gasteiger partial charge is 0.481 e. The summed E-state index contributed by atoms with van der Waals surface area (Å²) in [5.74, 6) is -1.97. The summed E-state index contributed by atoms with van der Waals surface area (Å²) >= 11 is 0. The van der Waals surface area contributed by atoms with Gasteiger partial charge in [0.2, 0.25) is 5.91 Å². The molecular formula is C26H32N2O5. The van der Waals surface area contributed by atoms with Gasteiger partial charge in [-0.3, -0.25) is 9.59 Å². The van der Waals surface area contributed by atoms with Crippen LogP contribution in [0.5, 0.6) is 0 Å². The fraction of sp³-hybridized carbons (Fsp3) is 0.423. The van der Waals surface area contributed by atoms with Crippen molar-refractivity contribution in [3.63, 3.8) is 0 Å². The number of nitrogens with one attached hydrogen (secondary N) is 2. The van der Waals surface area contributed by atoms with E-state index in [2.05, 4.69) is 34.9 Å². The van der Waals surface area contributed by atoms with Crippen molar-refractivity contribution >= 4 is 18.0 Å². The number of amides is 2. The molecule has 0 heterocycles. The van der Waals surface area contributed by atoms with Gasteiger partial charge in [-0.2, -0.15) is 0 Å². The zero-order valence-corrected chi connectivity index (χ0v) is 19.3. The van der Waals surface area contributed by atoms with E-state index in [1.807, 2.05) is 45.0 Å². The number of hydrogen-bond donors (Lipinski definition) is 3. The topological polar surface area (TPSA) is 105 Å². The van der Waals surface area contributed by atoms with Crippen LogP contribution < -0.4 is 10.6 Å². The van der Waals surface area contributed by atoms with Crippen molar-refractivity contribution in [2.24, 2.45) is 17.8 Å². The predicted molar refractivity (Wildman–Crippen MR) is 126 cm³/mol. The maximum absolute atomic E-state index is 12.3. The minimum Gasteiger partial charge on any atom is -0.481 e. The second-order valence-corrected chi connectivity index (χ2v) is 9.01. The minimum absolute atomic E-state index is 0.00510. The number of carboxylic acids is 1. The van der Waals surface area contributed by atoms with E-state index in [1.165, 1.54) is 11.1 Å².